The molecule has 2 heterocycles. The van der Waals surface area contributed by atoms with E-state index in [9.17, 15) is 0 Å². The summed E-state index contributed by atoms with van der Waals surface area (Å²) in [6, 6.07) is 15.5. The number of aromatic nitrogens is 2. The molecule has 1 aliphatic rings. The quantitative estimate of drug-likeness (QED) is 0.556. The molecule has 4 rings (SSSR count). The summed E-state index contributed by atoms with van der Waals surface area (Å²) >= 11 is 0. The van der Waals surface area contributed by atoms with Crippen molar-refractivity contribution in [2.75, 3.05) is 32.7 Å². The van der Waals surface area contributed by atoms with E-state index in [1.54, 1.807) is 18.2 Å². The van der Waals surface area contributed by atoms with Crippen LogP contribution >= 0.6 is 0 Å². The fourth-order valence-electron chi connectivity index (χ4n) is 3.93. The summed E-state index contributed by atoms with van der Waals surface area (Å²) in [7, 11) is 0. The number of nitrogens with zero attached hydrogens (tertiary/aromatic N) is 3. The topological polar surface area (TPSA) is 53.3 Å². The minimum Gasteiger partial charge on any atom is -0.508 e. The molecule has 0 atom stereocenters. The van der Waals surface area contributed by atoms with Gasteiger partial charge in [0.1, 0.15) is 11.6 Å². The van der Waals surface area contributed by atoms with Gasteiger partial charge in [-0.3, -0.25) is 4.90 Å². The number of nitrogens with one attached hydrogen (secondary N) is 1. The maximum absolute atomic E-state index is 9.02. The third-order valence-corrected chi connectivity index (χ3v) is 5.88. The number of phenolic OH excluding ortho intramolecular Hbond substituents is 1. The van der Waals surface area contributed by atoms with E-state index in [0.717, 1.165) is 55.4 Å². The van der Waals surface area contributed by atoms with Crippen molar-refractivity contribution in [1.82, 2.24) is 19.8 Å². The van der Waals surface area contributed by atoms with Crippen molar-refractivity contribution in [3.8, 4) is 17.0 Å². The van der Waals surface area contributed by atoms with E-state index in [-0.39, 0.29) is 0 Å². The fourth-order valence-corrected chi connectivity index (χ4v) is 3.93. The summed E-state index contributed by atoms with van der Waals surface area (Å²) in [5.41, 5.74) is 6.79. The van der Waals surface area contributed by atoms with Crippen molar-refractivity contribution in [3.63, 3.8) is 0 Å². The van der Waals surface area contributed by atoms with Crippen molar-refractivity contribution >= 4 is 11.3 Å². The Labute approximate surface area is 198 Å². The molecule has 33 heavy (non-hydrogen) atoms. The molecular formula is C28H36N4O. The van der Waals surface area contributed by atoms with Crippen LogP contribution in [0.15, 0.2) is 67.4 Å². The van der Waals surface area contributed by atoms with Gasteiger partial charge in [-0.15, -0.1) is 0 Å². The number of piperazine rings is 1. The third kappa shape index (κ3) is 6.67. The number of imidazole rings is 1. The lowest BCUT2D eigenvalue weighted by Crippen LogP contribution is -2.44. The summed E-state index contributed by atoms with van der Waals surface area (Å²) in [5.74, 6) is 1.34. The van der Waals surface area contributed by atoms with Gasteiger partial charge in [0.25, 0.3) is 0 Å². The molecule has 1 aliphatic heterocycles. The number of aromatic hydroxyl groups is 1. The Hall–Kier alpha value is -3.15. The first-order valence-electron chi connectivity index (χ1n) is 11.5. The van der Waals surface area contributed by atoms with Gasteiger partial charge in [0.15, 0.2) is 0 Å². The Kier molecular flexibility index (Phi) is 8.64. The molecule has 174 valence electrons. The molecule has 0 saturated carbocycles. The summed E-state index contributed by atoms with van der Waals surface area (Å²) in [5, 5.41) is 12.4. The van der Waals surface area contributed by atoms with Gasteiger partial charge in [0, 0.05) is 50.2 Å². The number of benzene rings is 2. The molecule has 1 saturated heterocycles. The molecule has 2 N–H and O–H groups in total. The van der Waals surface area contributed by atoms with Crippen LogP contribution < -0.4 is 5.32 Å². The van der Waals surface area contributed by atoms with Gasteiger partial charge in [-0.05, 0) is 51.0 Å². The lowest BCUT2D eigenvalue weighted by atomic mass is 10.1. The zero-order valence-electron chi connectivity index (χ0n) is 20.3. The molecule has 1 aromatic heterocycles. The highest BCUT2D eigenvalue weighted by molar-refractivity contribution is 5.65. The Morgan fingerprint density at radius 2 is 1.85 bits per heavy atom. The smallest absolute Gasteiger partial charge is 0.116 e. The van der Waals surface area contributed by atoms with Gasteiger partial charge < -0.3 is 15.0 Å². The van der Waals surface area contributed by atoms with Gasteiger partial charge in [-0.25, -0.2) is 4.98 Å². The number of phenols is 1. The van der Waals surface area contributed by atoms with E-state index >= 15 is 0 Å². The number of rotatable bonds is 5. The molecule has 0 spiro atoms. The van der Waals surface area contributed by atoms with Crippen LogP contribution in [0.3, 0.4) is 0 Å². The van der Waals surface area contributed by atoms with E-state index < -0.39 is 0 Å². The third-order valence-electron chi connectivity index (χ3n) is 5.88. The van der Waals surface area contributed by atoms with E-state index in [1.165, 1.54) is 16.8 Å². The first-order chi connectivity index (χ1) is 15.9. The average molecular weight is 445 g/mol. The normalized spacial score (nSPS) is 14.5. The summed E-state index contributed by atoms with van der Waals surface area (Å²) in [6.07, 6.45) is 4.38. The van der Waals surface area contributed by atoms with Gasteiger partial charge in [-0.1, -0.05) is 54.6 Å². The fraction of sp³-hybridized carbons (Fsp3) is 0.321. The minimum absolute atomic E-state index is 0.292. The molecule has 5 heteroatoms. The highest BCUT2D eigenvalue weighted by Gasteiger charge is 2.15. The Bertz CT molecular complexity index is 1110. The van der Waals surface area contributed by atoms with Crippen molar-refractivity contribution in [2.45, 2.75) is 27.7 Å². The van der Waals surface area contributed by atoms with E-state index in [4.69, 9.17) is 10.1 Å². The van der Waals surface area contributed by atoms with Crippen LogP contribution in [0.25, 0.3) is 22.5 Å². The van der Waals surface area contributed by atoms with Crippen LogP contribution in [0.2, 0.25) is 0 Å². The van der Waals surface area contributed by atoms with Crippen LogP contribution in [-0.2, 0) is 0 Å². The predicted molar refractivity (Wildman–Crippen MR) is 139 cm³/mol. The summed E-state index contributed by atoms with van der Waals surface area (Å²) < 4.78 is 2.24. The Morgan fingerprint density at radius 1 is 1.12 bits per heavy atom. The monoisotopic (exact) mass is 444 g/mol. The van der Waals surface area contributed by atoms with Crippen LogP contribution in [-0.4, -0.2) is 52.3 Å². The summed E-state index contributed by atoms with van der Waals surface area (Å²) in [6.45, 7) is 17.4. The first-order valence-corrected chi connectivity index (χ1v) is 11.5. The maximum atomic E-state index is 9.02. The lowest BCUT2D eigenvalue weighted by molar-refractivity contribution is 0.265. The van der Waals surface area contributed by atoms with Crippen LogP contribution in [0, 0.1) is 13.8 Å². The zero-order chi connectivity index (χ0) is 23.8. The Balaban J connectivity index is 0.000000257. The summed E-state index contributed by atoms with van der Waals surface area (Å²) in [4.78, 5) is 7.29. The van der Waals surface area contributed by atoms with Crippen molar-refractivity contribution in [2.24, 2.45) is 0 Å². The van der Waals surface area contributed by atoms with Crippen LogP contribution in [0.4, 0.5) is 0 Å². The second-order valence-electron chi connectivity index (χ2n) is 8.50. The SMILES string of the molecule is C/C=C(/CN1CCNCC1)n1cc(-c2ccccc2C)nc1C.C=C(C)c1cccc(O)c1. The van der Waals surface area contributed by atoms with Crippen molar-refractivity contribution in [1.29, 1.82) is 0 Å². The molecule has 5 nitrogen and oxygen atoms in total. The molecule has 3 aromatic rings. The van der Waals surface area contributed by atoms with Crippen LogP contribution in [0.5, 0.6) is 5.75 Å². The number of hydrogen-bond acceptors (Lipinski definition) is 4. The van der Waals surface area contributed by atoms with Crippen LogP contribution in [0.1, 0.15) is 30.8 Å². The largest absolute Gasteiger partial charge is 0.508 e. The molecule has 2 aromatic carbocycles. The van der Waals surface area contributed by atoms with Gasteiger partial charge in [0.2, 0.25) is 0 Å². The highest BCUT2D eigenvalue weighted by atomic mass is 16.3. The number of hydrogen-bond donors (Lipinski definition) is 2. The molecule has 0 aliphatic carbocycles. The van der Waals surface area contributed by atoms with E-state index in [2.05, 4.69) is 78.7 Å². The standard InChI is InChI=1S/C19H26N4.C9H10O/c1-4-17(13-22-11-9-20-10-12-22)23-14-19(21-16(23)3)18-8-6-5-7-15(18)2;1-7(2)8-4-3-5-9(10)6-8/h4-8,14,20H,9-13H2,1-3H3;3-6,10H,1H2,2H3/b17-4-;. The number of allylic oxidation sites excluding steroid dienone is 2. The molecule has 0 bridgehead atoms. The Morgan fingerprint density at radius 3 is 2.45 bits per heavy atom. The molecule has 0 amide bonds. The average Bonchev–Trinajstić information content (AvgIpc) is 3.20. The second-order valence-corrected chi connectivity index (χ2v) is 8.50. The maximum Gasteiger partial charge on any atom is 0.116 e. The van der Waals surface area contributed by atoms with Crippen molar-refractivity contribution in [3.05, 3.63) is 84.3 Å². The lowest BCUT2D eigenvalue weighted by Gasteiger charge is -2.28. The van der Waals surface area contributed by atoms with Gasteiger partial charge in [-0.2, -0.15) is 0 Å². The number of aryl methyl sites for hydroxylation is 2. The minimum atomic E-state index is 0.292. The zero-order valence-corrected chi connectivity index (χ0v) is 20.3. The van der Waals surface area contributed by atoms with E-state index in [1.807, 2.05) is 13.0 Å². The van der Waals surface area contributed by atoms with Gasteiger partial charge >= 0.3 is 0 Å². The molecule has 0 radical (unpaired) electrons. The van der Waals surface area contributed by atoms with Gasteiger partial charge in [0.05, 0.1) is 5.69 Å². The second kappa shape index (κ2) is 11.6. The van der Waals surface area contributed by atoms with Crippen molar-refractivity contribution < 1.29 is 5.11 Å². The van der Waals surface area contributed by atoms with E-state index in [0.29, 0.717) is 5.75 Å². The predicted octanol–water partition coefficient (Wildman–Crippen LogP) is 5.36. The highest BCUT2D eigenvalue weighted by Crippen LogP contribution is 2.24. The molecular weight excluding hydrogens is 408 g/mol. The first kappa shape index (κ1) is 24.5. The molecule has 0 unspecified atom stereocenters. The molecule has 1 fully saturated rings.